The molecule has 1 aromatic rings. The Morgan fingerprint density at radius 3 is 1.36 bits per heavy atom. The topological polar surface area (TPSA) is 217 Å². The minimum Gasteiger partial charge on any atom is -0.420 e. The van der Waals surface area contributed by atoms with Crippen molar-refractivity contribution in [3.05, 3.63) is 29.1 Å². The number of esters is 1. The van der Waals surface area contributed by atoms with Gasteiger partial charge in [0, 0.05) is 52.1 Å². The lowest BCUT2D eigenvalue weighted by molar-refractivity contribution is -0.136. The Morgan fingerprint density at radius 2 is 0.859 bits per heavy atom. The molecule has 1 atom stereocenters. The van der Waals surface area contributed by atoms with Gasteiger partial charge in [0.1, 0.15) is 6.04 Å². The Hall–Kier alpha value is -4.10. The van der Waals surface area contributed by atoms with E-state index in [1.807, 2.05) is 13.8 Å². The molecule has 0 bridgehead atoms. The number of halogens is 5. The van der Waals surface area contributed by atoms with E-state index in [9.17, 15) is 45.9 Å². The average Bonchev–Trinajstić information content (AvgIpc) is 3.28. The van der Waals surface area contributed by atoms with Gasteiger partial charge in [-0.15, -0.1) is 0 Å². The quantitative estimate of drug-likeness (QED) is 0.0185. The number of carbonyl (C=O) groups excluding carboxylic acids is 5. The maximum absolute atomic E-state index is 13.6. The number of ether oxygens (including phenoxy) is 9. The molecule has 23 heteroatoms. The summed E-state index contributed by atoms with van der Waals surface area (Å²) in [5.74, 6) is -15.4. The van der Waals surface area contributed by atoms with Gasteiger partial charge in [-0.3, -0.25) is 24.0 Å². The fraction of sp³-hybridized carbons (Fsp3) is 0.732. The normalized spacial score (nSPS) is 11.6. The average molecular weight is 933 g/mol. The van der Waals surface area contributed by atoms with Crippen LogP contribution >= 0.6 is 0 Å². The molecule has 0 saturated carbocycles. The van der Waals surface area contributed by atoms with Gasteiger partial charge in [-0.1, -0.05) is 0 Å². The van der Waals surface area contributed by atoms with E-state index in [0.29, 0.717) is 71.9 Å². The molecule has 1 aromatic carbocycles. The van der Waals surface area contributed by atoms with Crippen LogP contribution in [-0.4, -0.2) is 161 Å². The molecule has 0 unspecified atom stereocenters. The summed E-state index contributed by atoms with van der Waals surface area (Å²) in [6.45, 7) is 8.86. The highest BCUT2D eigenvalue weighted by Crippen LogP contribution is 2.29. The van der Waals surface area contributed by atoms with Crippen molar-refractivity contribution in [2.75, 3.05) is 125 Å². The van der Waals surface area contributed by atoms with Crippen molar-refractivity contribution in [2.45, 2.75) is 71.3 Å². The summed E-state index contributed by atoms with van der Waals surface area (Å²) in [5, 5.41) is 11.1. The van der Waals surface area contributed by atoms with Crippen molar-refractivity contribution in [2.24, 2.45) is 0 Å². The number of benzene rings is 1. The second kappa shape index (κ2) is 38.2. The SMILES string of the molecule is CCOCCOCCC(=O)NCCCC[C@H](NC(=O)CCCNC(=O)CCOCCOCC)C(=O)NCCOCCOCCOCCOCCC(=O)Oc1c(F)c(F)c(F)c(F)c1F. The molecule has 0 aliphatic heterocycles. The van der Waals surface area contributed by atoms with Gasteiger partial charge < -0.3 is 63.9 Å². The van der Waals surface area contributed by atoms with Crippen LogP contribution in [0.4, 0.5) is 22.0 Å². The summed E-state index contributed by atoms with van der Waals surface area (Å²) < 4.78 is 114. The molecule has 18 nitrogen and oxygen atoms in total. The van der Waals surface area contributed by atoms with Gasteiger partial charge in [-0.25, -0.2) is 13.2 Å². The lowest BCUT2D eigenvalue weighted by atomic mass is 10.1. The predicted octanol–water partition coefficient (Wildman–Crippen LogP) is 2.41. The molecule has 0 heterocycles. The van der Waals surface area contributed by atoms with Crippen LogP contribution in [0.15, 0.2) is 0 Å². The van der Waals surface area contributed by atoms with E-state index in [1.165, 1.54) is 0 Å². The summed E-state index contributed by atoms with van der Waals surface area (Å²) >= 11 is 0. The van der Waals surface area contributed by atoms with E-state index in [-0.39, 0.29) is 116 Å². The van der Waals surface area contributed by atoms with Gasteiger partial charge in [0.15, 0.2) is 0 Å². The van der Waals surface area contributed by atoms with E-state index in [1.54, 1.807) is 0 Å². The number of nitrogens with one attached hydrogen (secondary N) is 4. The van der Waals surface area contributed by atoms with Crippen molar-refractivity contribution in [1.82, 2.24) is 21.3 Å². The zero-order valence-electron chi connectivity index (χ0n) is 36.8. The molecule has 1 rings (SSSR count). The standard InChI is InChI=1S/C41H65F5N4O14/c1-3-56-20-22-58-16-10-31(51)47-13-6-5-8-30(50-33(53)9-7-14-48-32(52)11-17-59-23-21-57-4-2)41(55)49-15-19-61-25-27-63-29-28-62-26-24-60-18-12-34(54)64-40-38(45)36(43)35(42)37(44)39(40)46/h30H,3-29H2,1-2H3,(H,47,51)(H,48,52)(H,49,55)(H,50,53)/t30-/m0/s1. The van der Waals surface area contributed by atoms with E-state index in [0.717, 1.165) is 0 Å². The molecular weight excluding hydrogens is 867 g/mol. The van der Waals surface area contributed by atoms with Crippen molar-refractivity contribution < 1.29 is 88.6 Å². The molecule has 368 valence electrons. The minimum atomic E-state index is -2.37. The number of hydrogen-bond donors (Lipinski definition) is 4. The molecule has 0 saturated heterocycles. The summed E-state index contributed by atoms with van der Waals surface area (Å²) in [6, 6.07) is -0.834. The first-order valence-electron chi connectivity index (χ1n) is 21.4. The Balaban J connectivity index is 2.28. The van der Waals surface area contributed by atoms with Crippen LogP contribution < -0.4 is 26.0 Å². The molecule has 0 spiro atoms. The van der Waals surface area contributed by atoms with Crippen molar-refractivity contribution in [3.63, 3.8) is 0 Å². The maximum atomic E-state index is 13.6. The van der Waals surface area contributed by atoms with Gasteiger partial charge in [-0.2, -0.15) is 8.78 Å². The highest BCUT2D eigenvalue weighted by molar-refractivity contribution is 5.87. The smallest absolute Gasteiger partial charge is 0.313 e. The molecule has 64 heavy (non-hydrogen) atoms. The third-order valence-corrected chi connectivity index (χ3v) is 8.39. The summed E-state index contributed by atoms with van der Waals surface area (Å²) in [5.41, 5.74) is 0. The third kappa shape index (κ3) is 28.6. The summed E-state index contributed by atoms with van der Waals surface area (Å²) in [7, 11) is 0. The second-order valence-electron chi connectivity index (χ2n) is 13.4. The van der Waals surface area contributed by atoms with E-state index in [2.05, 4.69) is 26.0 Å². The fourth-order valence-corrected chi connectivity index (χ4v) is 5.07. The van der Waals surface area contributed by atoms with Crippen LogP contribution in [0.2, 0.25) is 0 Å². The van der Waals surface area contributed by atoms with E-state index in [4.69, 9.17) is 37.9 Å². The number of rotatable bonds is 41. The van der Waals surface area contributed by atoms with Gasteiger partial charge >= 0.3 is 5.97 Å². The molecular formula is C41H65F5N4O14. The lowest BCUT2D eigenvalue weighted by Crippen LogP contribution is -2.47. The van der Waals surface area contributed by atoms with Crippen LogP contribution in [0, 0.1) is 29.1 Å². The number of unbranched alkanes of at least 4 members (excludes halogenated alkanes) is 1. The Morgan fingerprint density at radius 1 is 0.438 bits per heavy atom. The molecule has 0 aliphatic rings. The van der Waals surface area contributed by atoms with Crippen molar-refractivity contribution >= 4 is 29.6 Å². The molecule has 4 N–H and O–H groups in total. The molecule has 0 radical (unpaired) electrons. The summed E-state index contributed by atoms with van der Waals surface area (Å²) in [6.07, 6.45) is 1.74. The highest BCUT2D eigenvalue weighted by Gasteiger charge is 2.28. The zero-order chi connectivity index (χ0) is 47.2. The van der Waals surface area contributed by atoms with Gasteiger partial charge in [0.2, 0.25) is 58.5 Å². The number of amides is 4. The first-order valence-corrected chi connectivity index (χ1v) is 21.4. The Labute approximate surface area is 370 Å². The largest absolute Gasteiger partial charge is 0.420 e. The number of carbonyl (C=O) groups is 5. The van der Waals surface area contributed by atoms with E-state index < -0.39 is 59.2 Å². The monoisotopic (exact) mass is 932 g/mol. The Kier molecular flexibility index (Phi) is 34.6. The minimum absolute atomic E-state index is 0.0206. The first kappa shape index (κ1) is 57.9. The molecule has 4 amide bonds. The van der Waals surface area contributed by atoms with Gasteiger partial charge in [0.05, 0.1) is 98.9 Å². The van der Waals surface area contributed by atoms with Crippen LogP contribution in [0.3, 0.4) is 0 Å². The maximum Gasteiger partial charge on any atom is 0.313 e. The predicted molar refractivity (Wildman–Crippen MR) is 218 cm³/mol. The Bertz CT molecular complexity index is 1460. The molecule has 0 aliphatic carbocycles. The van der Waals surface area contributed by atoms with Crippen LogP contribution in [0.25, 0.3) is 0 Å². The lowest BCUT2D eigenvalue weighted by Gasteiger charge is -2.19. The van der Waals surface area contributed by atoms with Crippen LogP contribution in [-0.2, 0) is 61.9 Å². The molecule has 0 fully saturated rings. The third-order valence-electron chi connectivity index (χ3n) is 8.39. The van der Waals surface area contributed by atoms with Crippen molar-refractivity contribution in [3.8, 4) is 5.75 Å². The fourth-order valence-electron chi connectivity index (χ4n) is 5.07. The van der Waals surface area contributed by atoms with Crippen molar-refractivity contribution in [1.29, 1.82) is 0 Å². The molecule has 0 aromatic heterocycles. The van der Waals surface area contributed by atoms with Gasteiger partial charge in [-0.05, 0) is 39.5 Å². The zero-order valence-corrected chi connectivity index (χ0v) is 36.8. The second-order valence-corrected chi connectivity index (χ2v) is 13.4. The first-order chi connectivity index (χ1) is 30.9. The highest BCUT2D eigenvalue weighted by atomic mass is 19.2. The van der Waals surface area contributed by atoms with Crippen LogP contribution in [0.1, 0.15) is 65.2 Å². The summed E-state index contributed by atoms with van der Waals surface area (Å²) in [4.78, 5) is 61.7. The van der Waals surface area contributed by atoms with E-state index >= 15 is 0 Å². The van der Waals surface area contributed by atoms with Gasteiger partial charge in [0.25, 0.3) is 0 Å². The number of hydrogen-bond acceptors (Lipinski definition) is 14. The van der Waals surface area contributed by atoms with Crippen LogP contribution in [0.5, 0.6) is 5.75 Å².